The van der Waals surface area contributed by atoms with Crippen LogP contribution in [-0.4, -0.2) is 50.2 Å². The summed E-state index contributed by atoms with van der Waals surface area (Å²) in [7, 11) is 0. The van der Waals surface area contributed by atoms with Crippen LogP contribution in [0.15, 0.2) is 42.5 Å². The number of halogens is 4. The van der Waals surface area contributed by atoms with Gasteiger partial charge in [-0.1, -0.05) is 0 Å². The van der Waals surface area contributed by atoms with E-state index in [1.54, 1.807) is 17.0 Å². The molecule has 2 heterocycles. The van der Waals surface area contributed by atoms with Crippen LogP contribution in [0.1, 0.15) is 34.8 Å². The summed E-state index contributed by atoms with van der Waals surface area (Å²) in [4.78, 5) is 16.7. The first-order chi connectivity index (χ1) is 16.2. The van der Waals surface area contributed by atoms with Gasteiger partial charge in [0.1, 0.15) is 5.82 Å². The number of nitriles is 1. The van der Waals surface area contributed by atoms with Crippen molar-refractivity contribution in [1.82, 2.24) is 4.90 Å². The van der Waals surface area contributed by atoms with E-state index in [9.17, 15) is 22.4 Å². The van der Waals surface area contributed by atoms with Crippen LogP contribution in [0.4, 0.5) is 23.2 Å². The lowest BCUT2D eigenvalue weighted by atomic mass is 9.73. The maximum atomic E-state index is 13.5. The highest BCUT2D eigenvalue weighted by molar-refractivity contribution is 5.94. The van der Waals surface area contributed by atoms with E-state index in [1.807, 2.05) is 11.8 Å². The molecule has 9 heteroatoms. The van der Waals surface area contributed by atoms with Crippen molar-refractivity contribution in [3.8, 4) is 6.07 Å². The predicted octanol–water partition coefficient (Wildman–Crippen LogP) is 4.72. The van der Waals surface area contributed by atoms with Crippen LogP contribution in [0.25, 0.3) is 0 Å². The van der Waals surface area contributed by atoms with E-state index in [2.05, 4.69) is 0 Å². The van der Waals surface area contributed by atoms with Crippen LogP contribution in [0.2, 0.25) is 0 Å². The first-order valence-corrected chi connectivity index (χ1v) is 11.2. The van der Waals surface area contributed by atoms with E-state index in [0.29, 0.717) is 57.1 Å². The van der Waals surface area contributed by atoms with Gasteiger partial charge in [0.2, 0.25) is 0 Å². The molecule has 34 heavy (non-hydrogen) atoms. The maximum Gasteiger partial charge on any atom is 0.417 e. The van der Waals surface area contributed by atoms with E-state index in [1.165, 1.54) is 30.3 Å². The SMILES string of the molecule is CCOCC12CCN(c3ccc(C#N)c(C(F)(F)F)c3)CC1CN(C(=O)c1ccc(F)cc1)C2. The minimum atomic E-state index is -4.62. The Morgan fingerprint density at radius 3 is 2.59 bits per heavy atom. The van der Waals surface area contributed by atoms with Crippen LogP contribution in [0, 0.1) is 28.5 Å². The third kappa shape index (κ3) is 4.60. The number of likely N-dealkylation sites (tertiary alicyclic amines) is 1. The molecule has 180 valence electrons. The van der Waals surface area contributed by atoms with Gasteiger partial charge >= 0.3 is 6.18 Å². The van der Waals surface area contributed by atoms with Crippen LogP contribution in [0.3, 0.4) is 0 Å². The van der Waals surface area contributed by atoms with Crippen molar-refractivity contribution >= 4 is 11.6 Å². The fraction of sp³-hybridized carbons (Fsp3) is 0.440. The van der Waals surface area contributed by atoms with Gasteiger partial charge in [-0.05, 0) is 55.8 Å². The highest BCUT2D eigenvalue weighted by Gasteiger charge is 2.51. The van der Waals surface area contributed by atoms with Crippen molar-refractivity contribution < 1.29 is 27.1 Å². The second-order valence-corrected chi connectivity index (χ2v) is 8.92. The molecule has 0 radical (unpaired) electrons. The zero-order valence-electron chi connectivity index (χ0n) is 18.7. The molecule has 1 amide bonds. The Hall–Kier alpha value is -3.12. The monoisotopic (exact) mass is 475 g/mol. The number of hydrogen-bond donors (Lipinski definition) is 0. The molecule has 0 spiro atoms. The van der Waals surface area contributed by atoms with Crippen LogP contribution in [-0.2, 0) is 10.9 Å². The van der Waals surface area contributed by atoms with E-state index in [4.69, 9.17) is 10.00 Å². The lowest BCUT2D eigenvalue weighted by Gasteiger charge is -2.44. The van der Waals surface area contributed by atoms with E-state index in [0.717, 1.165) is 6.07 Å². The number of carbonyl (C=O) groups is 1. The number of hydrogen-bond acceptors (Lipinski definition) is 4. The van der Waals surface area contributed by atoms with E-state index in [-0.39, 0.29) is 17.2 Å². The van der Waals surface area contributed by atoms with Gasteiger partial charge < -0.3 is 14.5 Å². The van der Waals surface area contributed by atoms with Crippen LogP contribution in [0.5, 0.6) is 0 Å². The molecule has 2 unspecified atom stereocenters. The fourth-order valence-electron chi connectivity index (χ4n) is 5.05. The average Bonchev–Trinajstić information content (AvgIpc) is 3.21. The lowest BCUT2D eigenvalue weighted by Crippen LogP contribution is -2.49. The molecule has 2 aromatic rings. The molecular formula is C25H25F4N3O2. The zero-order chi connectivity index (χ0) is 24.5. The molecule has 5 nitrogen and oxygen atoms in total. The molecule has 2 aromatic carbocycles. The van der Waals surface area contributed by atoms with E-state index >= 15 is 0 Å². The number of rotatable bonds is 5. The number of anilines is 1. The van der Waals surface area contributed by atoms with Crippen molar-refractivity contribution in [2.45, 2.75) is 19.5 Å². The zero-order valence-corrected chi connectivity index (χ0v) is 18.7. The summed E-state index contributed by atoms with van der Waals surface area (Å²) in [5.74, 6) is -0.632. The van der Waals surface area contributed by atoms with E-state index < -0.39 is 23.1 Å². The lowest BCUT2D eigenvalue weighted by molar-refractivity contribution is -0.137. The Morgan fingerprint density at radius 1 is 1.21 bits per heavy atom. The number of fused-ring (bicyclic) bond motifs is 1. The smallest absolute Gasteiger partial charge is 0.381 e. The molecule has 2 atom stereocenters. The summed E-state index contributed by atoms with van der Waals surface area (Å²) < 4.78 is 59.5. The highest BCUT2D eigenvalue weighted by Crippen LogP contribution is 2.45. The normalized spacial score (nSPS) is 22.4. The summed E-state index contributed by atoms with van der Waals surface area (Å²) in [6.45, 7) is 4.75. The molecule has 2 aliphatic heterocycles. The van der Waals surface area contributed by atoms with Crippen LogP contribution >= 0.6 is 0 Å². The molecule has 0 saturated carbocycles. The summed E-state index contributed by atoms with van der Waals surface area (Å²) in [6.07, 6.45) is -3.98. The van der Waals surface area contributed by atoms with Gasteiger partial charge in [0, 0.05) is 55.4 Å². The number of alkyl halides is 3. The summed E-state index contributed by atoms with van der Waals surface area (Å²) >= 11 is 0. The number of piperidine rings is 1. The largest absolute Gasteiger partial charge is 0.417 e. The molecule has 0 N–H and O–H groups in total. The third-order valence-electron chi connectivity index (χ3n) is 6.90. The number of nitrogens with zero attached hydrogens (tertiary/aromatic N) is 3. The molecule has 0 aromatic heterocycles. The molecule has 2 saturated heterocycles. The second kappa shape index (κ2) is 9.26. The predicted molar refractivity (Wildman–Crippen MR) is 118 cm³/mol. The number of amides is 1. The van der Waals surface area contributed by atoms with Gasteiger partial charge in [-0.3, -0.25) is 4.79 Å². The molecule has 2 aliphatic rings. The molecular weight excluding hydrogens is 450 g/mol. The van der Waals surface area contributed by atoms with Gasteiger partial charge in [0.05, 0.1) is 23.8 Å². The Kier molecular flexibility index (Phi) is 6.54. The van der Waals surface area contributed by atoms with Crippen LogP contribution < -0.4 is 4.90 Å². The van der Waals surface area contributed by atoms with Crippen molar-refractivity contribution in [2.24, 2.45) is 11.3 Å². The van der Waals surface area contributed by atoms with Gasteiger partial charge in [0.25, 0.3) is 5.91 Å². The fourth-order valence-corrected chi connectivity index (χ4v) is 5.05. The number of benzene rings is 2. The summed E-state index contributed by atoms with van der Waals surface area (Å²) in [6, 6.07) is 10.8. The van der Waals surface area contributed by atoms with Crippen molar-refractivity contribution in [3.63, 3.8) is 0 Å². The Bertz CT molecular complexity index is 1100. The highest BCUT2D eigenvalue weighted by atomic mass is 19.4. The Labute approximate surface area is 195 Å². The van der Waals surface area contributed by atoms with Gasteiger partial charge in [0.15, 0.2) is 0 Å². The average molecular weight is 475 g/mol. The maximum absolute atomic E-state index is 13.5. The Balaban J connectivity index is 1.58. The third-order valence-corrected chi connectivity index (χ3v) is 6.90. The molecule has 0 bridgehead atoms. The Morgan fingerprint density at radius 2 is 1.94 bits per heavy atom. The number of ether oxygens (including phenoxy) is 1. The molecule has 0 aliphatic carbocycles. The number of carbonyl (C=O) groups excluding carboxylic acids is 1. The van der Waals surface area contributed by atoms with Crippen molar-refractivity contribution in [2.75, 3.05) is 44.3 Å². The van der Waals surface area contributed by atoms with Crippen molar-refractivity contribution in [3.05, 3.63) is 65.0 Å². The minimum Gasteiger partial charge on any atom is -0.381 e. The minimum absolute atomic E-state index is 0.0119. The standard InChI is InChI=1S/C25H25F4N3O2/c1-2-34-16-24-9-10-31(21-8-5-18(12-30)22(11-21)25(27,28)29)13-19(24)14-32(15-24)23(33)17-3-6-20(26)7-4-17/h3-8,11,19H,2,9-10,13-16H2,1H3. The quantitative estimate of drug-likeness (QED) is 0.588. The molecule has 2 fully saturated rings. The summed E-state index contributed by atoms with van der Waals surface area (Å²) in [5.41, 5.74) is -0.860. The topological polar surface area (TPSA) is 56.6 Å². The first kappa shape index (κ1) is 24.0. The van der Waals surface area contributed by atoms with Gasteiger partial charge in [-0.25, -0.2) is 4.39 Å². The first-order valence-electron chi connectivity index (χ1n) is 11.2. The second-order valence-electron chi connectivity index (χ2n) is 8.92. The van der Waals surface area contributed by atoms with Crippen molar-refractivity contribution in [1.29, 1.82) is 5.26 Å². The molecule has 4 rings (SSSR count). The summed E-state index contributed by atoms with van der Waals surface area (Å²) in [5, 5.41) is 9.08. The van der Waals surface area contributed by atoms with Gasteiger partial charge in [-0.15, -0.1) is 0 Å². The van der Waals surface area contributed by atoms with Gasteiger partial charge in [-0.2, -0.15) is 18.4 Å².